The predicted molar refractivity (Wildman–Crippen MR) is 117 cm³/mol. The van der Waals surface area contributed by atoms with E-state index in [2.05, 4.69) is 63.7 Å². The SMILES string of the molecule is Cc1cccc(-c2nnc(S[C@H](C)c3nc4ccccc4c(=O)[nH]3)n2C(C)C)c1. The van der Waals surface area contributed by atoms with Gasteiger partial charge < -0.3 is 4.98 Å². The Morgan fingerprint density at radius 2 is 1.83 bits per heavy atom. The van der Waals surface area contributed by atoms with E-state index >= 15 is 0 Å². The minimum absolute atomic E-state index is 0.0839. The number of rotatable bonds is 5. The molecule has 2 aromatic carbocycles. The average molecular weight is 406 g/mol. The zero-order valence-electron chi connectivity index (χ0n) is 16.9. The van der Waals surface area contributed by atoms with Gasteiger partial charge in [0.1, 0.15) is 5.82 Å². The maximum absolute atomic E-state index is 12.4. The summed E-state index contributed by atoms with van der Waals surface area (Å²) in [6.45, 7) is 8.32. The van der Waals surface area contributed by atoms with Crippen LogP contribution in [-0.2, 0) is 0 Å². The smallest absolute Gasteiger partial charge is 0.258 e. The Hall–Kier alpha value is -2.93. The van der Waals surface area contributed by atoms with Gasteiger partial charge in [0.05, 0.1) is 16.2 Å². The minimum Gasteiger partial charge on any atom is -0.309 e. The topological polar surface area (TPSA) is 76.5 Å². The summed E-state index contributed by atoms with van der Waals surface area (Å²) >= 11 is 1.55. The molecular weight excluding hydrogens is 382 g/mol. The molecule has 6 nitrogen and oxygen atoms in total. The number of fused-ring (bicyclic) bond motifs is 1. The van der Waals surface area contributed by atoms with Crippen LogP contribution in [0.2, 0.25) is 0 Å². The highest BCUT2D eigenvalue weighted by Gasteiger charge is 2.21. The lowest BCUT2D eigenvalue weighted by Crippen LogP contribution is -2.13. The van der Waals surface area contributed by atoms with Gasteiger partial charge in [0, 0.05) is 11.6 Å². The number of nitrogens with one attached hydrogen (secondary N) is 1. The maximum atomic E-state index is 12.4. The Morgan fingerprint density at radius 3 is 2.59 bits per heavy atom. The Balaban J connectivity index is 1.70. The van der Waals surface area contributed by atoms with E-state index < -0.39 is 0 Å². The fourth-order valence-electron chi connectivity index (χ4n) is 3.31. The predicted octanol–water partition coefficient (Wildman–Crippen LogP) is 4.92. The van der Waals surface area contributed by atoms with E-state index in [1.54, 1.807) is 17.8 Å². The fraction of sp³-hybridized carbons (Fsp3) is 0.273. The van der Waals surface area contributed by atoms with Crippen LogP contribution in [-0.4, -0.2) is 24.7 Å². The molecule has 148 valence electrons. The van der Waals surface area contributed by atoms with Crippen molar-refractivity contribution < 1.29 is 0 Å². The van der Waals surface area contributed by atoms with Crippen LogP contribution < -0.4 is 5.56 Å². The summed E-state index contributed by atoms with van der Waals surface area (Å²) < 4.78 is 2.13. The lowest BCUT2D eigenvalue weighted by atomic mass is 10.1. The first-order valence-corrected chi connectivity index (χ1v) is 10.5. The number of para-hydroxylation sites is 1. The van der Waals surface area contributed by atoms with Crippen LogP contribution in [0.1, 0.15) is 43.5 Å². The third kappa shape index (κ3) is 3.82. The van der Waals surface area contributed by atoms with Gasteiger partial charge in [-0.3, -0.25) is 9.36 Å². The normalized spacial score (nSPS) is 12.6. The van der Waals surface area contributed by atoms with Crippen molar-refractivity contribution in [1.29, 1.82) is 0 Å². The third-order valence-electron chi connectivity index (χ3n) is 4.76. The van der Waals surface area contributed by atoms with Crippen LogP contribution in [0.4, 0.5) is 0 Å². The van der Waals surface area contributed by atoms with E-state index in [1.807, 2.05) is 31.2 Å². The molecule has 0 aliphatic rings. The van der Waals surface area contributed by atoms with E-state index in [0.717, 1.165) is 16.5 Å². The molecule has 0 saturated heterocycles. The third-order valence-corrected chi connectivity index (χ3v) is 5.82. The van der Waals surface area contributed by atoms with E-state index in [9.17, 15) is 4.79 Å². The van der Waals surface area contributed by atoms with Gasteiger partial charge in [0.2, 0.25) is 0 Å². The lowest BCUT2D eigenvalue weighted by molar-refractivity contribution is 0.554. The number of aryl methyl sites for hydroxylation is 1. The van der Waals surface area contributed by atoms with Crippen LogP contribution in [0.5, 0.6) is 0 Å². The number of thioether (sulfide) groups is 1. The molecule has 1 N–H and O–H groups in total. The zero-order chi connectivity index (χ0) is 20.5. The molecule has 0 spiro atoms. The number of aromatic amines is 1. The van der Waals surface area contributed by atoms with Crippen molar-refractivity contribution in [3.05, 3.63) is 70.3 Å². The van der Waals surface area contributed by atoms with Gasteiger partial charge in [-0.1, -0.05) is 47.7 Å². The molecule has 0 bridgehead atoms. The summed E-state index contributed by atoms with van der Waals surface area (Å²) in [5, 5.41) is 10.2. The van der Waals surface area contributed by atoms with Crippen molar-refractivity contribution in [2.24, 2.45) is 0 Å². The van der Waals surface area contributed by atoms with Gasteiger partial charge in [-0.2, -0.15) is 0 Å². The van der Waals surface area contributed by atoms with Crippen LogP contribution in [0.3, 0.4) is 0 Å². The van der Waals surface area contributed by atoms with Crippen molar-refractivity contribution in [3.8, 4) is 11.4 Å². The first-order chi connectivity index (χ1) is 13.9. The van der Waals surface area contributed by atoms with Gasteiger partial charge in [-0.05, 0) is 45.9 Å². The molecular formula is C22H23N5OS. The summed E-state index contributed by atoms with van der Waals surface area (Å²) in [5.74, 6) is 1.48. The van der Waals surface area contributed by atoms with Crippen LogP contribution in [0.15, 0.2) is 58.5 Å². The largest absolute Gasteiger partial charge is 0.309 e. The zero-order valence-corrected chi connectivity index (χ0v) is 17.7. The van der Waals surface area contributed by atoms with Crippen molar-refractivity contribution in [3.63, 3.8) is 0 Å². The minimum atomic E-state index is -0.121. The molecule has 2 aromatic heterocycles. The number of H-pyrrole nitrogens is 1. The number of aromatic nitrogens is 5. The molecule has 4 aromatic rings. The number of hydrogen-bond donors (Lipinski definition) is 1. The second-order valence-electron chi connectivity index (χ2n) is 7.37. The number of benzene rings is 2. The van der Waals surface area contributed by atoms with Gasteiger partial charge in [0.15, 0.2) is 11.0 Å². The van der Waals surface area contributed by atoms with E-state index in [-0.39, 0.29) is 16.9 Å². The molecule has 0 unspecified atom stereocenters. The van der Waals surface area contributed by atoms with Crippen molar-refractivity contribution >= 4 is 22.7 Å². The fourth-order valence-corrected chi connectivity index (χ4v) is 4.35. The summed E-state index contributed by atoms with van der Waals surface area (Å²) in [6, 6.07) is 15.8. The van der Waals surface area contributed by atoms with E-state index in [1.165, 1.54) is 5.56 Å². The second-order valence-corrected chi connectivity index (χ2v) is 8.68. The van der Waals surface area contributed by atoms with E-state index in [0.29, 0.717) is 16.7 Å². The standard InChI is InChI=1S/C22H23N5OS/c1-13(2)27-20(16-9-7-8-14(3)12-16)25-26-22(27)29-15(4)19-23-18-11-6-5-10-17(18)21(28)24-19/h5-13,15H,1-4H3,(H,23,24,28)/t15-/m1/s1. The van der Waals surface area contributed by atoms with Crippen molar-refractivity contribution in [2.75, 3.05) is 0 Å². The van der Waals surface area contributed by atoms with Crippen LogP contribution in [0, 0.1) is 6.92 Å². The molecule has 1 atom stereocenters. The summed E-state index contributed by atoms with van der Waals surface area (Å²) in [4.78, 5) is 20.0. The summed E-state index contributed by atoms with van der Waals surface area (Å²) in [5.41, 5.74) is 2.80. The van der Waals surface area contributed by atoms with Gasteiger partial charge in [-0.25, -0.2) is 4.98 Å². The van der Waals surface area contributed by atoms with E-state index in [4.69, 9.17) is 0 Å². The monoisotopic (exact) mass is 405 g/mol. The maximum Gasteiger partial charge on any atom is 0.258 e. The molecule has 29 heavy (non-hydrogen) atoms. The molecule has 0 amide bonds. The second kappa shape index (κ2) is 7.83. The molecule has 0 fully saturated rings. The quantitative estimate of drug-likeness (QED) is 0.477. The molecule has 2 heterocycles. The van der Waals surface area contributed by atoms with Gasteiger partial charge in [-0.15, -0.1) is 10.2 Å². The number of hydrogen-bond acceptors (Lipinski definition) is 5. The molecule has 7 heteroatoms. The van der Waals surface area contributed by atoms with Crippen LogP contribution in [0.25, 0.3) is 22.3 Å². The first kappa shape index (κ1) is 19.4. The van der Waals surface area contributed by atoms with Crippen molar-refractivity contribution in [1.82, 2.24) is 24.7 Å². The Morgan fingerprint density at radius 1 is 1.03 bits per heavy atom. The molecule has 0 aliphatic heterocycles. The van der Waals surface area contributed by atoms with Gasteiger partial charge in [0.25, 0.3) is 5.56 Å². The van der Waals surface area contributed by atoms with Gasteiger partial charge >= 0.3 is 0 Å². The molecule has 0 radical (unpaired) electrons. The molecule has 0 saturated carbocycles. The summed E-state index contributed by atoms with van der Waals surface area (Å²) in [6.07, 6.45) is 0. The Labute approximate surface area is 173 Å². The molecule has 4 rings (SSSR count). The lowest BCUT2D eigenvalue weighted by Gasteiger charge is -2.16. The van der Waals surface area contributed by atoms with Crippen LogP contribution >= 0.6 is 11.8 Å². The Kier molecular flexibility index (Phi) is 5.24. The highest BCUT2D eigenvalue weighted by Crippen LogP contribution is 2.35. The van der Waals surface area contributed by atoms with Crippen molar-refractivity contribution in [2.45, 2.75) is 44.1 Å². The molecule has 0 aliphatic carbocycles. The highest BCUT2D eigenvalue weighted by molar-refractivity contribution is 7.99. The highest BCUT2D eigenvalue weighted by atomic mass is 32.2. The summed E-state index contributed by atoms with van der Waals surface area (Å²) in [7, 11) is 0. The Bertz CT molecular complexity index is 1230. The number of nitrogens with zero attached hydrogens (tertiary/aromatic N) is 4. The average Bonchev–Trinajstić information content (AvgIpc) is 3.12. The first-order valence-electron chi connectivity index (χ1n) is 9.61.